The molecule has 0 radical (unpaired) electrons. The van der Waals surface area contributed by atoms with Crippen LogP contribution < -0.4 is 9.13 Å². The lowest BCUT2D eigenvalue weighted by Crippen LogP contribution is -2.72. The van der Waals surface area contributed by atoms with Gasteiger partial charge in [-0.3, -0.25) is 0 Å². The summed E-state index contributed by atoms with van der Waals surface area (Å²) in [7, 11) is 0. The lowest BCUT2D eigenvalue weighted by atomic mass is 9.79. The van der Waals surface area contributed by atoms with Crippen LogP contribution in [-0.2, 0) is 16.5 Å². The topological polar surface area (TPSA) is 7.76 Å². The number of fused-ring (bicyclic) bond motifs is 17. The lowest BCUT2D eigenvalue weighted by molar-refractivity contribution is -0.944. The summed E-state index contributed by atoms with van der Waals surface area (Å²) in [5.74, 6) is 0. The number of aryl methyl sites for hydroxylation is 2. The number of rotatable bonds is 0. The summed E-state index contributed by atoms with van der Waals surface area (Å²) in [5, 5.41) is 1.39. The van der Waals surface area contributed by atoms with E-state index in [-0.39, 0.29) is 10.8 Å². The van der Waals surface area contributed by atoms with Crippen molar-refractivity contribution in [3.8, 4) is 33.6 Å². The normalized spacial score (nSPS) is 18.2. The van der Waals surface area contributed by atoms with Crippen LogP contribution in [0.1, 0.15) is 73.6 Å². The van der Waals surface area contributed by atoms with E-state index in [1.165, 1.54) is 83.5 Å². The van der Waals surface area contributed by atoms with Crippen LogP contribution in [0.15, 0.2) is 103 Å². The minimum absolute atomic E-state index is 0.0136. The first-order chi connectivity index (χ1) is 21.1. The molecule has 214 valence electrons. The van der Waals surface area contributed by atoms with Crippen LogP contribution in [0, 0.1) is 13.8 Å². The summed E-state index contributed by atoms with van der Waals surface area (Å²) in [5.41, 5.74) is 18.2. The van der Waals surface area contributed by atoms with Crippen LogP contribution in [-0.4, -0.2) is 0 Å². The molecule has 4 heterocycles. The SMILES string of the molecule is Cc1cc(C)c2c3c(c4[n+](c2c1)C1(c2ccccc2-c2ccc(C(C)(C)C)c[n+]21)c1ccccc1-4)-c1ccccc1C3(C)C. The molecule has 44 heavy (non-hydrogen) atoms. The minimum atomic E-state index is -0.561. The van der Waals surface area contributed by atoms with Gasteiger partial charge in [0.05, 0.1) is 22.1 Å². The van der Waals surface area contributed by atoms with Gasteiger partial charge in [0, 0.05) is 23.1 Å². The summed E-state index contributed by atoms with van der Waals surface area (Å²) >= 11 is 0. The van der Waals surface area contributed by atoms with Crippen molar-refractivity contribution >= 4 is 10.9 Å². The highest BCUT2D eigenvalue weighted by Gasteiger charge is 2.68. The van der Waals surface area contributed by atoms with E-state index in [2.05, 4.69) is 161 Å². The molecule has 2 aliphatic heterocycles. The van der Waals surface area contributed by atoms with Gasteiger partial charge in [0.25, 0.3) is 0 Å². The van der Waals surface area contributed by atoms with Gasteiger partial charge >= 0.3 is 5.66 Å². The molecule has 0 saturated heterocycles. The van der Waals surface area contributed by atoms with Gasteiger partial charge in [0.15, 0.2) is 6.20 Å². The van der Waals surface area contributed by atoms with Crippen molar-refractivity contribution in [2.45, 2.75) is 65.0 Å². The zero-order valence-electron chi connectivity index (χ0n) is 26.7. The maximum absolute atomic E-state index is 2.74. The van der Waals surface area contributed by atoms with Crippen LogP contribution in [0.3, 0.4) is 0 Å². The Kier molecular flexibility index (Phi) is 4.78. The third kappa shape index (κ3) is 2.88. The molecule has 1 aliphatic carbocycles. The zero-order valence-corrected chi connectivity index (χ0v) is 26.7. The van der Waals surface area contributed by atoms with Crippen LogP contribution in [0.25, 0.3) is 44.5 Å². The van der Waals surface area contributed by atoms with E-state index in [1.54, 1.807) is 0 Å². The Hall–Kier alpha value is -4.56. The predicted molar refractivity (Wildman–Crippen MR) is 179 cm³/mol. The summed E-state index contributed by atoms with van der Waals surface area (Å²) in [6, 6.07) is 37.0. The summed E-state index contributed by atoms with van der Waals surface area (Å²) < 4.78 is 5.36. The molecule has 0 saturated carbocycles. The van der Waals surface area contributed by atoms with Gasteiger partial charge in [-0.05, 0) is 77.4 Å². The van der Waals surface area contributed by atoms with E-state index >= 15 is 0 Å². The fourth-order valence-electron chi connectivity index (χ4n) is 8.97. The largest absolute Gasteiger partial charge is 0.418 e. The second kappa shape index (κ2) is 8.12. The van der Waals surface area contributed by atoms with Gasteiger partial charge in [-0.1, -0.05) is 89.2 Å². The van der Waals surface area contributed by atoms with Gasteiger partial charge in [0.1, 0.15) is 11.1 Å². The highest BCUT2D eigenvalue weighted by atomic mass is 15.3. The van der Waals surface area contributed by atoms with E-state index in [4.69, 9.17) is 0 Å². The molecule has 0 N–H and O–H groups in total. The Balaban J connectivity index is 1.59. The average molecular weight is 571 g/mol. The molecule has 2 nitrogen and oxygen atoms in total. The number of pyridine rings is 2. The lowest BCUT2D eigenvalue weighted by Gasteiger charge is -2.25. The standard InChI is InChI=1S/C42H38N2/c1-25-22-26(2)36-35(23-25)44-39(37-29-15-9-11-17-31(29)41(6,7)38(36)37)30-16-10-13-19-33(30)42(44)32-18-12-8-14-28(32)34-21-20-27(24-43(34)42)40(3,4)5/h8-24H,1-7H3/q+2. The Bertz CT molecular complexity index is 2260. The van der Waals surface area contributed by atoms with Gasteiger partial charge in [-0.2, -0.15) is 0 Å². The first kappa shape index (κ1) is 25.9. The predicted octanol–water partition coefficient (Wildman–Crippen LogP) is 8.89. The highest BCUT2D eigenvalue weighted by Crippen LogP contribution is 2.58. The second-order valence-corrected chi connectivity index (χ2v) is 14.8. The van der Waals surface area contributed by atoms with E-state index in [1.807, 2.05) is 0 Å². The Labute approximate surface area is 260 Å². The summed E-state index contributed by atoms with van der Waals surface area (Å²) in [4.78, 5) is 0. The molecular weight excluding hydrogens is 532 g/mol. The van der Waals surface area contributed by atoms with Gasteiger partial charge in [0.2, 0.25) is 16.9 Å². The van der Waals surface area contributed by atoms with Crippen molar-refractivity contribution in [2.24, 2.45) is 0 Å². The fraction of sp³-hybridized carbons (Fsp3) is 0.238. The molecule has 0 amide bonds. The molecule has 0 fully saturated rings. The summed E-state index contributed by atoms with van der Waals surface area (Å²) in [6.45, 7) is 16.4. The fourth-order valence-corrected chi connectivity index (χ4v) is 8.97. The number of nitrogens with zero attached hydrogens (tertiary/aromatic N) is 2. The number of hydrogen-bond donors (Lipinski definition) is 0. The number of aromatic nitrogens is 2. The van der Waals surface area contributed by atoms with E-state index in [9.17, 15) is 0 Å². The number of benzene rings is 4. The third-order valence-electron chi connectivity index (χ3n) is 10.8. The van der Waals surface area contributed by atoms with Crippen molar-refractivity contribution in [2.75, 3.05) is 0 Å². The first-order valence-electron chi connectivity index (χ1n) is 16.0. The van der Waals surface area contributed by atoms with E-state index in [0.717, 1.165) is 0 Å². The molecule has 1 atom stereocenters. The van der Waals surface area contributed by atoms with Crippen molar-refractivity contribution in [1.29, 1.82) is 0 Å². The molecule has 3 aliphatic rings. The van der Waals surface area contributed by atoms with E-state index < -0.39 is 5.66 Å². The van der Waals surface area contributed by atoms with Crippen LogP contribution in [0.2, 0.25) is 0 Å². The molecular formula is C42H38N2+2. The first-order valence-corrected chi connectivity index (χ1v) is 16.0. The van der Waals surface area contributed by atoms with Gasteiger partial charge < -0.3 is 0 Å². The van der Waals surface area contributed by atoms with E-state index in [0.29, 0.717) is 0 Å². The van der Waals surface area contributed by atoms with Crippen molar-refractivity contribution < 1.29 is 9.13 Å². The summed E-state index contributed by atoms with van der Waals surface area (Å²) in [6.07, 6.45) is 2.45. The van der Waals surface area contributed by atoms with Gasteiger partial charge in [-0.25, -0.2) is 0 Å². The van der Waals surface area contributed by atoms with Crippen molar-refractivity contribution in [3.63, 3.8) is 0 Å². The monoisotopic (exact) mass is 570 g/mol. The minimum Gasteiger partial charge on any atom is -0.125 e. The zero-order chi connectivity index (χ0) is 30.3. The molecule has 1 spiro atoms. The van der Waals surface area contributed by atoms with Crippen LogP contribution in [0.4, 0.5) is 0 Å². The molecule has 2 aromatic heterocycles. The quantitative estimate of drug-likeness (QED) is 0.161. The van der Waals surface area contributed by atoms with Crippen molar-refractivity contribution in [1.82, 2.24) is 0 Å². The Morgan fingerprint density at radius 3 is 1.98 bits per heavy atom. The average Bonchev–Trinajstić information content (AvgIpc) is 3.56. The molecule has 4 aromatic carbocycles. The molecule has 1 unspecified atom stereocenters. The second-order valence-electron chi connectivity index (χ2n) is 14.8. The smallest absolute Gasteiger partial charge is 0.125 e. The third-order valence-corrected chi connectivity index (χ3v) is 10.8. The van der Waals surface area contributed by atoms with Crippen LogP contribution in [0.5, 0.6) is 0 Å². The maximum Gasteiger partial charge on any atom is 0.418 e. The number of hydrogen-bond acceptors (Lipinski definition) is 0. The molecule has 6 aromatic rings. The highest BCUT2D eigenvalue weighted by molar-refractivity contribution is 6.01. The molecule has 0 bridgehead atoms. The maximum atomic E-state index is 2.74. The van der Waals surface area contributed by atoms with Gasteiger partial charge in [-0.15, -0.1) is 9.13 Å². The Morgan fingerprint density at radius 1 is 0.659 bits per heavy atom. The van der Waals surface area contributed by atoms with Crippen LogP contribution >= 0.6 is 0 Å². The van der Waals surface area contributed by atoms with Crippen molar-refractivity contribution in [3.05, 3.63) is 142 Å². The Morgan fingerprint density at radius 2 is 1.27 bits per heavy atom. The molecule has 9 rings (SSSR count). The molecule has 2 heteroatoms.